The Kier molecular flexibility index (Phi) is 3.02. The molecule has 0 aromatic heterocycles. The fourth-order valence-corrected chi connectivity index (χ4v) is 1.89. The number of esters is 2. The van der Waals surface area contributed by atoms with Gasteiger partial charge >= 0.3 is 11.9 Å². The highest BCUT2D eigenvalue weighted by Gasteiger charge is 2.56. The number of halogens is 2. The van der Waals surface area contributed by atoms with Gasteiger partial charge in [0.05, 0.1) is 0 Å². The van der Waals surface area contributed by atoms with Gasteiger partial charge in [-0.2, -0.15) is 0 Å². The number of cyclic esters (lactones) is 1. The van der Waals surface area contributed by atoms with Gasteiger partial charge in [-0.15, -0.1) is 0 Å². The average molecular weight is 275 g/mol. The molecule has 0 radical (unpaired) electrons. The van der Waals surface area contributed by atoms with Crippen molar-refractivity contribution in [2.24, 2.45) is 0 Å². The molecular formula is C11H8Cl2O4. The van der Waals surface area contributed by atoms with Gasteiger partial charge in [-0.05, 0) is 17.7 Å². The molecule has 0 bridgehead atoms. The standard InChI is InChI=1S/C11H8Cl2O4/c1-6(14)16-8-4-2-7(3-5-8)9-11(12,13)10(15)17-9/h2-5,9H,1H3. The third-order valence-electron chi connectivity index (χ3n) is 2.27. The quantitative estimate of drug-likeness (QED) is 0.472. The zero-order chi connectivity index (χ0) is 12.6. The first-order valence-electron chi connectivity index (χ1n) is 4.78. The smallest absolute Gasteiger partial charge is 0.347 e. The largest absolute Gasteiger partial charge is 0.451 e. The third-order valence-corrected chi connectivity index (χ3v) is 2.98. The van der Waals surface area contributed by atoms with Crippen LogP contribution >= 0.6 is 23.2 Å². The Morgan fingerprint density at radius 1 is 1.35 bits per heavy atom. The zero-order valence-corrected chi connectivity index (χ0v) is 10.3. The summed E-state index contributed by atoms with van der Waals surface area (Å²) in [6.07, 6.45) is -0.690. The molecule has 1 saturated heterocycles. The van der Waals surface area contributed by atoms with E-state index >= 15 is 0 Å². The van der Waals surface area contributed by atoms with Crippen LogP contribution in [0.1, 0.15) is 18.6 Å². The number of carbonyl (C=O) groups is 2. The summed E-state index contributed by atoms with van der Waals surface area (Å²) in [6, 6.07) is 6.42. The lowest BCUT2D eigenvalue weighted by molar-refractivity contribution is -0.172. The number of carbonyl (C=O) groups excluding carboxylic acids is 2. The molecule has 1 heterocycles. The summed E-state index contributed by atoms with van der Waals surface area (Å²) >= 11 is 11.6. The number of hydrogen-bond donors (Lipinski definition) is 0. The summed E-state index contributed by atoms with van der Waals surface area (Å²) < 4.78 is 8.17. The topological polar surface area (TPSA) is 52.6 Å². The normalized spacial score (nSPS) is 21.4. The highest BCUT2D eigenvalue weighted by Crippen LogP contribution is 2.48. The SMILES string of the molecule is CC(=O)Oc1ccc(C2OC(=O)C2(Cl)Cl)cc1. The second kappa shape index (κ2) is 4.20. The molecule has 90 valence electrons. The number of alkyl halides is 2. The van der Waals surface area contributed by atoms with Crippen LogP contribution in [0.2, 0.25) is 0 Å². The molecule has 1 unspecified atom stereocenters. The highest BCUT2D eigenvalue weighted by molar-refractivity contribution is 6.59. The van der Waals surface area contributed by atoms with Crippen LogP contribution in [0.15, 0.2) is 24.3 Å². The lowest BCUT2D eigenvalue weighted by Crippen LogP contribution is -2.48. The molecule has 0 saturated carbocycles. The van der Waals surface area contributed by atoms with E-state index in [1.807, 2.05) is 0 Å². The van der Waals surface area contributed by atoms with Crippen LogP contribution in [0, 0.1) is 0 Å². The molecule has 0 N–H and O–H groups in total. The Morgan fingerprint density at radius 2 is 1.94 bits per heavy atom. The summed E-state index contributed by atoms with van der Waals surface area (Å²) in [7, 11) is 0. The molecule has 1 aromatic carbocycles. The van der Waals surface area contributed by atoms with E-state index in [2.05, 4.69) is 0 Å². The summed E-state index contributed by atoms with van der Waals surface area (Å²) in [5, 5.41) is 0. The highest BCUT2D eigenvalue weighted by atomic mass is 35.5. The first-order valence-corrected chi connectivity index (χ1v) is 5.54. The van der Waals surface area contributed by atoms with Crippen LogP contribution in [-0.2, 0) is 14.3 Å². The Bertz CT molecular complexity index is 467. The molecule has 1 aliphatic rings. The summed E-state index contributed by atoms with van der Waals surface area (Å²) in [5.74, 6) is -0.659. The average Bonchev–Trinajstić information content (AvgIpc) is 2.26. The Balaban J connectivity index is 2.14. The Hall–Kier alpha value is -1.26. The summed E-state index contributed by atoms with van der Waals surface area (Å²) in [5.41, 5.74) is 0.644. The minimum atomic E-state index is -1.54. The van der Waals surface area contributed by atoms with Gasteiger partial charge in [-0.3, -0.25) is 4.79 Å². The van der Waals surface area contributed by atoms with Gasteiger partial charge in [0.25, 0.3) is 4.33 Å². The van der Waals surface area contributed by atoms with E-state index in [9.17, 15) is 9.59 Å². The van der Waals surface area contributed by atoms with Crippen LogP contribution < -0.4 is 4.74 Å². The molecule has 1 fully saturated rings. The predicted molar refractivity (Wildman–Crippen MR) is 61.0 cm³/mol. The van der Waals surface area contributed by atoms with Crippen LogP contribution in [0.4, 0.5) is 0 Å². The minimum Gasteiger partial charge on any atom is -0.451 e. The van der Waals surface area contributed by atoms with E-state index in [4.69, 9.17) is 32.7 Å². The van der Waals surface area contributed by atoms with Crippen molar-refractivity contribution >= 4 is 35.1 Å². The van der Waals surface area contributed by atoms with Gasteiger partial charge in [0.2, 0.25) is 0 Å². The van der Waals surface area contributed by atoms with Crippen molar-refractivity contribution in [2.75, 3.05) is 0 Å². The Labute approximate surface area is 107 Å². The molecule has 0 aliphatic carbocycles. The van der Waals surface area contributed by atoms with Gasteiger partial charge in [-0.1, -0.05) is 35.3 Å². The molecule has 6 heteroatoms. The van der Waals surface area contributed by atoms with E-state index in [0.717, 1.165) is 0 Å². The monoisotopic (exact) mass is 274 g/mol. The molecule has 1 aliphatic heterocycles. The second-order valence-corrected chi connectivity index (χ2v) is 4.96. The molecular weight excluding hydrogens is 267 g/mol. The van der Waals surface area contributed by atoms with Gasteiger partial charge < -0.3 is 9.47 Å². The van der Waals surface area contributed by atoms with E-state index in [-0.39, 0.29) is 0 Å². The zero-order valence-electron chi connectivity index (χ0n) is 8.78. The van der Waals surface area contributed by atoms with Gasteiger partial charge in [0, 0.05) is 6.92 Å². The molecule has 0 spiro atoms. The maximum atomic E-state index is 11.0. The van der Waals surface area contributed by atoms with E-state index in [0.29, 0.717) is 11.3 Å². The molecule has 2 rings (SSSR count). The Morgan fingerprint density at radius 3 is 2.35 bits per heavy atom. The fraction of sp³-hybridized carbons (Fsp3) is 0.273. The van der Waals surface area contributed by atoms with E-state index in [1.165, 1.54) is 6.92 Å². The molecule has 1 atom stereocenters. The number of ether oxygens (including phenoxy) is 2. The number of rotatable bonds is 2. The van der Waals surface area contributed by atoms with Gasteiger partial charge in [-0.25, -0.2) is 4.79 Å². The molecule has 0 amide bonds. The maximum Gasteiger partial charge on any atom is 0.347 e. The van der Waals surface area contributed by atoms with Crippen molar-refractivity contribution in [3.8, 4) is 5.75 Å². The van der Waals surface area contributed by atoms with Crippen LogP contribution in [0.3, 0.4) is 0 Å². The van der Waals surface area contributed by atoms with Gasteiger partial charge in [0.15, 0.2) is 6.10 Å². The van der Waals surface area contributed by atoms with Crippen molar-refractivity contribution < 1.29 is 19.1 Å². The number of benzene rings is 1. The first kappa shape index (κ1) is 12.2. The van der Waals surface area contributed by atoms with E-state index in [1.54, 1.807) is 24.3 Å². The summed E-state index contributed by atoms with van der Waals surface area (Å²) in [6.45, 7) is 1.31. The van der Waals surface area contributed by atoms with Crippen molar-refractivity contribution in [1.29, 1.82) is 0 Å². The van der Waals surface area contributed by atoms with Crippen molar-refractivity contribution in [3.05, 3.63) is 29.8 Å². The third kappa shape index (κ3) is 2.23. The van der Waals surface area contributed by atoms with Crippen molar-refractivity contribution in [1.82, 2.24) is 0 Å². The molecule has 17 heavy (non-hydrogen) atoms. The molecule has 4 nitrogen and oxygen atoms in total. The predicted octanol–water partition coefficient (Wildman–Crippen LogP) is 2.38. The summed E-state index contributed by atoms with van der Waals surface area (Å²) in [4.78, 5) is 21.7. The van der Waals surface area contributed by atoms with E-state index < -0.39 is 22.4 Å². The van der Waals surface area contributed by atoms with Gasteiger partial charge in [0.1, 0.15) is 5.75 Å². The first-order chi connectivity index (χ1) is 7.91. The lowest BCUT2D eigenvalue weighted by atomic mass is 10.0. The lowest BCUT2D eigenvalue weighted by Gasteiger charge is -2.37. The second-order valence-electron chi connectivity index (χ2n) is 3.57. The van der Waals surface area contributed by atoms with Crippen LogP contribution in [-0.4, -0.2) is 16.3 Å². The number of hydrogen-bond acceptors (Lipinski definition) is 4. The van der Waals surface area contributed by atoms with Crippen molar-refractivity contribution in [3.63, 3.8) is 0 Å². The molecule has 1 aromatic rings. The van der Waals surface area contributed by atoms with Crippen LogP contribution in [0.5, 0.6) is 5.75 Å². The minimum absolute atomic E-state index is 0.404. The van der Waals surface area contributed by atoms with Crippen LogP contribution in [0.25, 0.3) is 0 Å². The fourth-order valence-electron chi connectivity index (χ4n) is 1.46. The van der Waals surface area contributed by atoms with Crippen molar-refractivity contribution in [2.45, 2.75) is 17.4 Å². The maximum absolute atomic E-state index is 11.0.